The molecule has 0 bridgehead atoms. The second kappa shape index (κ2) is 7.08. The predicted octanol–water partition coefficient (Wildman–Crippen LogP) is 4.29. The number of amides is 1. The monoisotopic (exact) mass is 372 g/mol. The SMILES string of the molecule is Cc1ccc(F)c(NC(=O)c2ccccc2C(=O)c2ccc3n[c][nH]c3c2)c1. The van der Waals surface area contributed by atoms with Crippen molar-refractivity contribution in [3.05, 3.63) is 95.1 Å². The maximum absolute atomic E-state index is 14.0. The molecule has 1 aromatic heterocycles. The third kappa shape index (κ3) is 3.27. The first-order valence-corrected chi connectivity index (χ1v) is 8.60. The third-order valence-electron chi connectivity index (χ3n) is 4.41. The van der Waals surface area contributed by atoms with E-state index >= 15 is 0 Å². The van der Waals surface area contributed by atoms with Gasteiger partial charge in [-0.2, -0.15) is 0 Å². The van der Waals surface area contributed by atoms with Crippen LogP contribution in [0.15, 0.2) is 60.7 Å². The summed E-state index contributed by atoms with van der Waals surface area (Å²) in [7, 11) is 0. The fourth-order valence-electron chi connectivity index (χ4n) is 2.98. The highest BCUT2D eigenvalue weighted by molar-refractivity contribution is 6.18. The molecule has 0 spiro atoms. The molecule has 1 radical (unpaired) electrons. The van der Waals surface area contributed by atoms with Gasteiger partial charge in [-0.25, -0.2) is 9.37 Å². The van der Waals surface area contributed by atoms with Crippen molar-refractivity contribution in [1.29, 1.82) is 0 Å². The lowest BCUT2D eigenvalue weighted by molar-refractivity contribution is 0.0996. The first-order chi connectivity index (χ1) is 13.5. The van der Waals surface area contributed by atoms with Crippen molar-refractivity contribution < 1.29 is 14.0 Å². The fraction of sp³-hybridized carbons (Fsp3) is 0.0455. The molecule has 0 aliphatic carbocycles. The second-order valence-corrected chi connectivity index (χ2v) is 6.39. The van der Waals surface area contributed by atoms with Crippen molar-refractivity contribution in [2.24, 2.45) is 0 Å². The van der Waals surface area contributed by atoms with E-state index in [2.05, 4.69) is 21.6 Å². The van der Waals surface area contributed by atoms with Gasteiger partial charge in [0.2, 0.25) is 0 Å². The number of aromatic amines is 1. The smallest absolute Gasteiger partial charge is 0.256 e. The number of fused-ring (bicyclic) bond motifs is 1. The number of imidazole rings is 1. The van der Waals surface area contributed by atoms with Crippen LogP contribution in [0.5, 0.6) is 0 Å². The number of aryl methyl sites for hydroxylation is 1. The number of nitrogens with zero attached hydrogens (tertiary/aromatic N) is 1. The minimum Gasteiger partial charge on any atom is -0.335 e. The maximum atomic E-state index is 14.0. The number of carbonyl (C=O) groups is 2. The van der Waals surface area contributed by atoms with Crippen LogP contribution in [0, 0.1) is 19.1 Å². The summed E-state index contributed by atoms with van der Waals surface area (Å²) in [6, 6.07) is 15.9. The van der Waals surface area contributed by atoms with E-state index in [-0.39, 0.29) is 22.6 Å². The summed E-state index contributed by atoms with van der Waals surface area (Å²) < 4.78 is 14.0. The molecule has 4 aromatic rings. The zero-order valence-corrected chi connectivity index (χ0v) is 14.9. The molecule has 137 valence electrons. The number of benzene rings is 3. The molecule has 0 unspecified atom stereocenters. The lowest BCUT2D eigenvalue weighted by Crippen LogP contribution is -2.17. The molecular weight excluding hydrogens is 357 g/mol. The molecule has 3 aromatic carbocycles. The molecule has 0 saturated carbocycles. The molecule has 4 rings (SSSR count). The molecule has 5 nitrogen and oxygen atoms in total. The van der Waals surface area contributed by atoms with E-state index in [1.54, 1.807) is 61.5 Å². The highest BCUT2D eigenvalue weighted by Crippen LogP contribution is 2.21. The van der Waals surface area contributed by atoms with Crippen LogP contribution in [0.3, 0.4) is 0 Å². The Morgan fingerprint density at radius 2 is 1.82 bits per heavy atom. The molecule has 28 heavy (non-hydrogen) atoms. The van der Waals surface area contributed by atoms with E-state index in [0.29, 0.717) is 16.6 Å². The second-order valence-electron chi connectivity index (χ2n) is 6.39. The average molecular weight is 372 g/mol. The summed E-state index contributed by atoms with van der Waals surface area (Å²) >= 11 is 0. The predicted molar refractivity (Wildman–Crippen MR) is 104 cm³/mol. The number of hydrogen-bond acceptors (Lipinski definition) is 3. The van der Waals surface area contributed by atoms with Crippen LogP contribution >= 0.6 is 0 Å². The molecule has 0 aliphatic rings. The molecule has 0 saturated heterocycles. The van der Waals surface area contributed by atoms with Crippen molar-refractivity contribution in [2.45, 2.75) is 6.92 Å². The number of carbonyl (C=O) groups excluding carboxylic acids is 2. The van der Waals surface area contributed by atoms with Crippen LogP contribution in [-0.4, -0.2) is 21.7 Å². The topological polar surface area (TPSA) is 74.8 Å². The van der Waals surface area contributed by atoms with Crippen molar-refractivity contribution in [3.8, 4) is 0 Å². The summed E-state index contributed by atoms with van der Waals surface area (Å²) in [6.45, 7) is 1.80. The Hall–Kier alpha value is -3.80. The number of nitrogens with one attached hydrogen (secondary N) is 2. The normalized spacial score (nSPS) is 10.8. The standard InChI is InChI=1S/C22H15FN3O2/c1-13-6-8-17(23)19(10-13)26-22(28)16-5-3-2-4-15(16)21(27)14-7-9-18-20(11-14)25-12-24-18/h2-11H,1H3,(H,24,25)(H,26,28). The van der Waals surface area contributed by atoms with Crippen molar-refractivity contribution in [1.82, 2.24) is 9.97 Å². The Bertz CT molecular complexity index is 1210. The van der Waals surface area contributed by atoms with Crippen LogP contribution in [0.25, 0.3) is 11.0 Å². The zero-order chi connectivity index (χ0) is 19.7. The minimum absolute atomic E-state index is 0.0710. The van der Waals surface area contributed by atoms with Crippen LogP contribution in [0.1, 0.15) is 31.8 Å². The Morgan fingerprint density at radius 3 is 2.64 bits per heavy atom. The lowest BCUT2D eigenvalue weighted by Gasteiger charge is -2.11. The lowest BCUT2D eigenvalue weighted by atomic mass is 9.97. The highest BCUT2D eigenvalue weighted by atomic mass is 19.1. The van der Waals surface area contributed by atoms with Gasteiger partial charge in [0.25, 0.3) is 5.91 Å². The van der Waals surface area contributed by atoms with E-state index in [4.69, 9.17) is 0 Å². The van der Waals surface area contributed by atoms with E-state index in [1.165, 1.54) is 6.07 Å². The van der Waals surface area contributed by atoms with Gasteiger partial charge in [-0.15, -0.1) is 0 Å². The summed E-state index contributed by atoms with van der Waals surface area (Å²) in [5.41, 5.74) is 3.06. The van der Waals surface area contributed by atoms with Crippen LogP contribution < -0.4 is 5.32 Å². The molecule has 6 heteroatoms. The van der Waals surface area contributed by atoms with E-state index in [1.807, 2.05) is 0 Å². The summed E-state index contributed by atoms with van der Waals surface area (Å²) in [5, 5.41) is 2.55. The third-order valence-corrected chi connectivity index (χ3v) is 4.41. The largest absolute Gasteiger partial charge is 0.335 e. The van der Waals surface area contributed by atoms with Crippen molar-refractivity contribution in [3.63, 3.8) is 0 Å². The van der Waals surface area contributed by atoms with Gasteiger partial charge in [0.05, 0.1) is 22.3 Å². The summed E-state index contributed by atoms with van der Waals surface area (Å²) in [4.78, 5) is 32.6. The van der Waals surface area contributed by atoms with Gasteiger partial charge in [0.15, 0.2) is 12.1 Å². The van der Waals surface area contributed by atoms with E-state index < -0.39 is 11.7 Å². The Labute approximate surface area is 160 Å². The van der Waals surface area contributed by atoms with Gasteiger partial charge in [-0.3, -0.25) is 9.59 Å². The van der Waals surface area contributed by atoms with E-state index in [9.17, 15) is 14.0 Å². The number of aromatic nitrogens is 2. The number of rotatable bonds is 4. The molecule has 0 atom stereocenters. The number of H-pyrrole nitrogens is 1. The number of anilines is 1. The first kappa shape index (κ1) is 17.6. The van der Waals surface area contributed by atoms with Crippen LogP contribution in [-0.2, 0) is 0 Å². The average Bonchev–Trinajstić information content (AvgIpc) is 3.18. The summed E-state index contributed by atoms with van der Waals surface area (Å²) in [6.07, 6.45) is 2.62. The van der Waals surface area contributed by atoms with Gasteiger partial charge in [0, 0.05) is 11.1 Å². The number of hydrogen-bond donors (Lipinski definition) is 2. The maximum Gasteiger partial charge on any atom is 0.256 e. The molecule has 0 fully saturated rings. The first-order valence-electron chi connectivity index (χ1n) is 8.60. The van der Waals surface area contributed by atoms with Crippen LogP contribution in [0.2, 0.25) is 0 Å². The Balaban J connectivity index is 1.68. The molecule has 0 aliphatic heterocycles. The van der Waals surface area contributed by atoms with Gasteiger partial charge in [0.1, 0.15) is 5.82 Å². The van der Waals surface area contributed by atoms with Gasteiger partial charge < -0.3 is 10.3 Å². The van der Waals surface area contributed by atoms with Gasteiger partial charge >= 0.3 is 0 Å². The molecule has 2 N–H and O–H groups in total. The zero-order valence-electron chi connectivity index (χ0n) is 14.9. The quantitative estimate of drug-likeness (QED) is 0.525. The minimum atomic E-state index is -0.551. The Kier molecular flexibility index (Phi) is 4.45. The molecule has 1 amide bonds. The number of halogens is 1. The van der Waals surface area contributed by atoms with E-state index in [0.717, 1.165) is 5.56 Å². The Morgan fingerprint density at radius 1 is 1.04 bits per heavy atom. The van der Waals surface area contributed by atoms with Crippen LogP contribution in [0.4, 0.5) is 10.1 Å². The molecular formula is C22H15FN3O2. The molecule has 1 heterocycles. The van der Waals surface area contributed by atoms with Crippen molar-refractivity contribution >= 4 is 28.4 Å². The fourth-order valence-corrected chi connectivity index (χ4v) is 2.98. The summed E-state index contributed by atoms with van der Waals surface area (Å²) in [5.74, 6) is -1.40. The number of ketones is 1. The van der Waals surface area contributed by atoms with Crippen molar-refractivity contribution in [2.75, 3.05) is 5.32 Å². The van der Waals surface area contributed by atoms with Gasteiger partial charge in [-0.05, 0) is 48.9 Å². The highest BCUT2D eigenvalue weighted by Gasteiger charge is 2.19. The van der Waals surface area contributed by atoms with Gasteiger partial charge in [-0.1, -0.05) is 24.3 Å².